The molecule has 4 N–H and O–H groups in total. The second-order valence-electron chi connectivity index (χ2n) is 16.3. The summed E-state index contributed by atoms with van der Waals surface area (Å²) in [7, 11) is 2.58. The molecule has 0 radical (unpaired) electrons. The number of thiophene rings is 2. The molecule has 0 saturated carbocycles. The van der Waals surface area contributed by atoms with Crippen molar-refractivity contribution in [2.24, 2.45) is 5.92 Å². The molecule has 16 heteroatoms. The maximum Gasteiger partial charge on any atom is 0.407 e. The number of methoxy groups -OCH3 is 2. The Kier molecular flexibility index (Phi) is 11.7. The number of fused-ring (bicyclic) bond motifs is 2. The summed E-state index contributed by atoms with van der Waals surface area (Å²) < 4.78 is 12.0. The van der Waals surface area contributed by atoms with Gasteiger partial charge in [-0.3, -0.25) is 9.59 Å². The van der Waals surface area contributed by atoms with E-state index in [0.717, 1.165) is 69.8 Å². The Morgan fingerprint density at radius 2 is 1.32 bits per heavy atom. The maximum atomic E-state index is 13.9. The predicted octanol–water partition coefficient (Wildman–Crippen LogP) is 9.37. The number of carbonyl (C=O) groups excluding carboxylic acids is 4. The van der Waals surface area contributed by atoms with Crippen LogP contribution in [0.25, 0.3) is 52.6 Å². The number of alkyl carbamates (subject to hydrolysis) is 2. The molecule has 0 bridgehead atoms. The lowest BCUT2D eigenvalue weighted by Gasteiger charge is -2.29. The lowest BCUT2D eigenvalue weighted by molar-refractivity contribution is -0.135. The molecule has 3 aromatic carbocycles. The predicted molar refractivity (Wildman–Crippen MR) is 244 cm³/mol. The maximum absolute atomic E-state index is 13.9. The van der Waals surface area contributed by atoms with Gasteiger partial charge >= 0.3 is 12.2 Å². The van der Waals surface area contributed by atoms with Crippen molar-refractivity contribution in [3.05, 3.63) is 108 Å². The molecule has 2 fully saturated rings. The van der Waals surface area contributed by atoms with Gasteiger partial charge in [0.2, 0.25) is 5.91 Å². The number of likely N-dealkylation sites (tertiary alicyclic amines) is 2. The number of nitrogens with one attached hydrogen (secondary N) is 4. The molecule has 2 saturated heterocycles. The van der Waals surface area contributed by atoms with E-state index >= 15 is 0 Å². The summed E-state index contributed by atoms with van der Waals surface area (Å²) in [6, 6.07) is 26.4. The monoisotopic (exact) mass is 884 g/mol. The van der Waals surface area contributed by atoms with Gasteiger partial charge < -0.3 is 39.9 Å². The van der Waals surface area contributed by atoms with E-state index < -0.39 is 24.3 Å². The second kappa shape index (κ2) is 17.7. The molecule has 4 aromatic heterocycles. The number of ether oxygens (including phenoxy) is 2. The van der Waals surface area contributed by atoms with Crippen LogP contribution in [0.1, 0.15) is 74.9 Å². The summed E-state index contributed by atoms with van der Waals surface area (Å²) in [5, 5.41) is 5.44. The van der Waals surface area contributed by atoms with Gasteiger partial charge in [-0.15, -0.1) is 22.7 Å². The highest BCUT2D eigenvalue weighted by atomic mass is 32.1. The molecule has 4 atom stereocenters. The number of carbonyl (C=O) groups is 4. The zero-order valence-electron chi connectivity index (χ0n) is 35.3. The number of H-pyrrole nitrogens is 2. The Bertz CT molecular complexity index is 2760. The molecule has 0 aliphatic carbocycles. The molecular formula is C47H48N8O6S2. The van der Waals surface area contributed by atoms with E-state index in [1.807, 2.05) is 61.3 Å². The molecule has 6 heterocycles. The molecule has 9 rings (SSSR count). The molecule has 0 spiro atoms. The molecule has 63 heavy (non-hydrogen) atoms. The van der Waals surface area contributed by atoms with Crippen molar-refractivity contribution in [1.29, 1.82) is 0 Å². The number of hydrogen-bond acceptors (Lipinski definition) is 10. The van der Waals surface area contributed by atoms with E-state index in [1.165, 1.54) is 28.5 Å². The zero-order chi connectivity index (χ0) is 43.8. The fourth-order valence-corrected chi connectivity index (χ4v) is 11.1. The van der Waals surface area contributed by atoms with Crippen LogP contribution in [0.3, 0.4) is 0 Å². The standard InChI is InChI=1S/C47H48N8O6S2/c1-26(2)40(52-46(58)60-3)44(56)55-21-9-13-35(55)43-49-31-19-18-30(22-32(31)50-43)37-24-39-38(63-37)23-36(62-39)28-16-14-27(15-17-28)33-25-48-42(51-33)34-12-8-20-54(34)45(57)41(53-47(59)61-4)29-10-6-5-7-11-29/h5-7,10-11,14-19,22-26,34-35,40-41H,8-9,12-13,20-21H2,1-4H3,(H,48,51)(H,49,50)(H,52,58)(H,53,59). The summed E-state index contributed by atoms with van der Waals surface area (Å²) in [4.78, 5) is 74.5. The lowest BCUT2D eigenvalue weighted by atomic mass is 10.0. The third-order valence-electron chi connectivity index (χ3n) is 12.0. The normalized spacial score (nSPS) is 17.3. The summed E-state index contributed by atoms with van der Waals surface area (Å²) in [5.74, 6) is 1.02. The van der Waals surface area contributed by atoms with Gasteiger partial charge in [0.15, 0.2) is 0 Å². The third-order valence-corrected chi connectivity index (χ3v) is 14.4. The Hall–Kier alpha value is -6.52. The smallest absolute Gasteiger partial charge is 0.407 e. The van der Waals surface area contributed by atoms with E-state index in [1.54, 1.807) is 27.6 Å². The molecule has 2 aliphatic rings. The number of amides is 4. The van der Waals surface area contributed by atoms with Crippen LogP contribution in [0.2, 0.25) is 0 Å². The minimum Gasteiger partial charge on any atom is -0.453 e. The van der Waals surface area contributed by atoms with Crippen molar-refractivity contribution in [3.8, 4) is 32.1 Å². The number of aromatic amines is 2. The Morgan fingerprint density at radius 3 is 1.98 bits per heavy atom. The molecule has 4 amide bonds. The van der Waals surface area contributed by atoms with Crippen molar-refractivity contribution >= 4 is 67.1 Å². The minimum absolute atomic E-state index is 0.105. The van der Waals surface area contributed by atoms with Crippen LogP contribution in [0.4, 0.5) is 9.59 Å². The number of hydrogen-bond donors (Lipinski definition) is 4. The van der Waals surface area contributed by atoms with E-state index in [-0.39, 0.29) is 29.8 Å². The van der Waals surface area contributed by atoms with Crippen molar-refractivity contribution in [2.45, 2.75) is 63.7 Å². The van der Waals surface area contributed by atoms with Crippen LogP contribution in [0, 0.1) is 5.92 Å². The number of nitrogens with zero attached hydrogens (tertiary/aromatic N) is 4. The van der Waals surface area contributed by atoms with Crippen molar-refractivity contribution < 1.29 is 28.7 Å². The SMILES string of the molecule is COC(=O)NC(C(=O)N1CCCC1c1ncc(-c2ccc(-c3cc4sc(-c5ccc6nc(C7CCCN7C(=O)C(NC(=O)OC)C(C)C)[nH]c6c5)cc4s3)cc2)[nH]1)c1ccccc1. The van der Waals surface area contributed by atoms with Crippen LogP contribution in [0.5, 0.6) is 0 Å². The molecule has 2 aliphatic heterocycles. The first-order valence-electron chi connectivity index (χ1n) is 21.1. The number of imidazole rings is 2. The average Bonchev–Trinajstić information content (AvgIpc) is 4.16. The van der Waals surface area contributed by atoms with E-state index in [9.17, 15) is 19.2 Å². The van der Waals surface area contributed by atoms with Gasteiger partial charge in [-0.05, 0) is 78.1 Å². The van der Waals surface area contributed by atoms with Crippen LogP contribution in [0.15, 0.2) is 91.1 Å². The van der Waals surface area contributed by atoms with Gasteiger partial charge in [0, 0.05) is 32.2 Å². The summed E-state index contributed by atoms with van der Waals surface area (Å²) in [6.07, 6.45) is 3.75. The highest BCUT2D eigenvalue weighted by Gasteiger charge is 2.39. The fourth-order valence-electron chi connectivity index (χ4n) is 8.71. The summed E-state index contributed by atoms with van der Waals surface area (Å²) >= 11 is 3.52. The molecule has 7 aromatic rings. The topological polar surface area (TPSA) is 175 Å². The fraction of sp³-hybridized carbons (Fsp3) is 0.319. The Morgan fingerprint density at radius 1 is 0.714 bits per heavy atom. The van der Waals surface area contributed by atoms with Crippen LogP contribution < -0.4 is 10.6 Å². The van der Waals surface area contributed by atoms with Crippen molar-refractivity contribution in [2.75, 3.05) is 27.3 Å². The molecular weight excluding hydrogens is 837 g/mol. The van der Waals surface area contributed by atoms with E-state index in [2.05, 4.69) is 69.1 Å². The minimum atomic E-state index is -0.876. The third kappa shape index (κ3) is 8.40. The zero-order valence-corrected chi connectivity index (χ0v) is 37.0. The van der Waals surface area contributed by atoms with Gasteiger partial charge in [-0.25, -0.2) is 19.6 Å². The van der Waals surface area contributed by atoms with Crippen LogP contribution >= 0.6 is 22.7 Å². The highest BCUT2D eigenvalue weighted by molar-refractivity contribution is 7.31. The van der Waals surface area contributed by atoms with Gasteiger partial charge in [-0.2, -0.15) is 0 Å². The van der Waals surface area contributed by atoms with E-state index in [0.29, 0.717) is 24.5 Å². The first-order chi connectivity index (χ1) is 30.6. The van der Waals surface area contributed by atoms with Crippen molar-refractivity contribution in [3.63, 3.8) is 0 Å². The number of aromatic nitrogens is 4. The quantitative estimate of drug-likeness (QED) is 0.0994. The van der Waals surface area contributed by atoms with Crippen LogP contribution in [-0.2, 0) is 19.1 Å². The average molecular weight is 885 g/mol. The summed E-state index contributed by atoms with van der Waals surface area (Å²) in [5.41, 5.74) is 6.51. The molecule has 14 nitrogen and oxygen atoms in total. The van der Waals surface area contributed by atoms with Gasteiger partial charge in [0.05, 0.1) is 49.2 Å². The first-order valence-corrected chi connectivity index (χ1v) is 22.8. The second-order valence-corrected chi connectivity index (χ2v) is 18.4. The highest BCUT2D eigenvalue weighted by Crippen LogP contribution is 2.43. The van der Waals surface area contributed by atoms with E-state index in [4.69, 9.17) is 19.4 Å². The molecule has 324 valence electrons. The van der Waals surface area contributed by atoms with Gasteiger partial charge in [0.25, 0.3) is 5.91 Å². The Balaban J connectivity index is 0.876. The Labute approximate surface area is 372 Å². The van der Waals surface area contributed by atoms with Gasteiger partial charge in [-0.1, -0.05) is 74.5 Å². The first kappa shape index (κ1) is 41.8. The number of rotatable bonds is 11. The number of benzene rings is 3. The lowest BCUT2D eigenvalue weighted by Crippen LogP contribution is -2.51. The largest absolute Gasteiger partial charge is 0.453 e. The van der Waals surface area contributed by atoms with Gasteiger partial charge in [0.1, 0.15) is 23.7 Å². The van der Waals surface area contributed by atoms with Crippen LogP contribution in [-0.4, -0.2) is 87.1 Å². The molecule has 4 unspecified atom stereocenters. The summed E-state index contributed by atoms with van der Waals surface area (Å²) in [6.45, 7) is 4.98. The van der Waals surface area contributed by atoms with Crippen molar-refractivity contribution in [1.82, 2.24) is 40.4 Å².